The number of amides is 2. The third kappa shape index (κ3) is 3.86. The van der Waals surface area contributed by atoms with Crippen molar-refractivity contribution in [3.8, 4) is 0 Å². The summed E-state index contributed by atoms with van der Waals surface area (Å²) in [7, 11) is 1.86. The standard InChI is InChI=1S/C19H29N5O2S/c1-11(27-18-23-22-16(24(18)2)4-3-15(20)25)17(26)21-19-8-12-5-13(9-19)7-14(6-12)10-19/h11-14H,3-10H2,1-2H3,(H2,20,25)(H,21,26)/t11-,12?,13?,14?,19?/m0/s1. The second-order valence-electron chi connectivity index (χ2n) is 8.87. The first-order valence-electron chi connectivity index (χ1n) is 9.99. The van der Waals surface area contributed by atoms with Crippen LogP contribution in [0.1, 0.15) is 57.7 Å². The summed E-state index contributed by atoms with van der Waals surface area (Å²) < 4.78 is 1.85. The lowest BCUT2D eigenvalue weighted by molar-refractivity contribution is -0.126. The minimum Gasteiger partial charge on any atom is -0.370 e. The normalized spacial score (nSPS) is 32.4. The highest BCUT2D eigenvalue weighted by molar-refractivity contribution is 8.00. The molecule has 4 aliphatic carbocycles. The van der Waals surface area contributed by atoms with E-state index in [0.717, 1.165) is 37.0 Å². The molecule has 0 saturated heterocycles. The van der Waals surface area contributed by atoms with Gasteiger partial charge in [-0.3, -0.25) is 9.59 Å². The number of nitrogens with one attached hydrogen (secondary N) is 1. The number of rotatable bonds is 7. The SMILES string of the molecule is C[C@H](Sc1nnc(CCC(N)=O)n1C)C(=O)NC12CC3CC(CC(C3)C1)C2. The first-order chi connectivity index (χ1) is 12.8. The Balaban J connectivity index is 1.37. The molecule has 1 atom stereocenters. The van der Waals surface area contributed by atoms with Crippen LogP contribution in [0.5, 0.6) is 0 Å². The zero-order chi connectivity index (χ0) is 19.2. The zero-order valence-electron chi connectivity index (χ0n) is 16.1. The maximum absolute atomic E-state index is 12.9. The summed E-state index contributed by atoms with van der Waals surface area (Å²) in [6.45, 7) is 1.93. The largest absolute Gasteiger partial charge is 0.370 e. The van der Waals surface area contributed by atoms with E-state index in [1.54, 1.807) is 0 Å². The quantitative estimate of drug-likeness (QED) is 0.690. The Morgan fingerprint density at radius 2 is 1.81 bits per heavy atom. The third-order valence-electron chi connectivity index (χ3n) is 6.60. The monoisotopic (exact) mass is 391 g/mol. The molecular formula is C19H29N5O2S. The highest BCUT2D eigenvalue weighted by atomic mass is 32.2. The molecular weight excluding hydrogens is 362 g/mol. The number of aromatic nitrogens is 3. The lowest BCUT2D eigenvalue weighted by Crippen LogP contribution is -2.60. The maximum Gasteiger partial charge on any atom is 0.233 e. The van der Waals surface area contributed by atoms with Gasteiger partial charge in [0.25, 0.3) is 0 Å². The molecule has 1 aromatic heterocycles. The second kappa shape index (κ2) is 7.11. The second-order valence-corrected chi connectivity index (χ2v) is 10.2. The topological polar surface area (TPSA) is 103 Å². The van der Waals surface area contributed by atoms with Gasteiger partial charge in [-0.2, -0.15) is 0 Å². The fourth-order valence-electron chi connectivity index (χ4n) is 5.74. The Morgan fingerprint density at radius 3 is 2.37 bits per heavy atom. The molecule has 0 aliphatic heterocycles. The Labute approximate surface area is 164 Å². The summed E-state index contributed by atoms with van der Waals surface area (Å²) in [5.41, 5.74) is 5.24. The summed E-state index contributed by atoms with van der Waals surface area (Å²) >= 11 is 1.42. The number of carbonyl (C=O) groups is 2. The van der Waals surface area contributed by atoms with E-state index in [1.807, 2.05) is 18.5 Å². The number of aryl methyl sites for hydroxylation is 1. The molecule has 0 unspecified atom stereocenters. The van der Waals surface area contributed by atoms with Crippen molar-refractivity contribution in [1.29, 1.82) is 0 Å². The van der Waals surface area contributed by atoms with Gasteiger partial charge in [-0.25, -0.2) is 0 Å². The molecule has 4 saturated carbocycles. The van der Waals surface area contributed by atoms with Crippen LogP contribution >= 0.6 is 11.8 Å². The molecule has 8 heteroatoms. The van der Waals surface area contributed by atoms with E-state index >= 15 is 0 Å². The first kappa shape index (κ1) is 18.8. The highest BCUT2D eigenvalue weighted by Crippen LogP contribution is 2.55. The van der Waals surface area contributed by atoms with Gasteiger partial charge in [0, 0.05) is 25.4 Å². The molecule has 1 aromatic rings. The van der Waals surface area contributed by atoms with Gasteiger partial charge in [-0.15, -0.1) is 10.2 Å². The van der Waals surface area contributed by atoms with Gasteiger partial charge in [-0.1, -0.05) is 11.8 Å². The van der Waals surface area contributed by atoms with E-state index < -0.39 is 0 Å². The summed E-state index contributed by atoms with van der Waals surface area (Å²) in [6.07, 6.45) is 8.29. The van der Waals surface area contributed by atoms with Crippen LogP contribution in [0.3, 0.4) is 0 Å². The average Bonchev–Trinajstić information content (AvgIpc) is 2.91. The van der Waals surface area contributed by atoms with Gasteiger partial charge < -0.3 is 15.6 Å². The lowest BCUT2D eigenvalue weighted by atomic mass is 9.53. The Hall–Kier alpha value is -1.57. The van der Waals surface area contributed by atoms with Crippen LogP contribution in [0.25, 0.3) is 0 Å². The van der Waals surface area contributed by atoms with Gasteiger partial charge in [0.05, 0.1) is 5.25 Å². The molecule has 1 heterocycles. The van der Waals surface area contributed by atoms with E-state index in [4.69, 9.17) is 5.73 Å². The molecule has 3 N–H and O–H groups in total. The Kier molecular flexibility index (Phi) is 4.94. The predicted molar refractivity (Wildman–Crippen MR) is 103 cm³/mol. The number of carbonyl (C=O) groups excluding carboxylic acids is 2. The third-order valence-corrected chi connectivity index (χ3v) is 7.73. The fraction of sp³-hybridized carbons (Fsp3) is 0.789. The maximum atomic E-state index is 12.9. The molecule has 4 bridgehead atoms. The Morgan fingerprint density at radius 1 is 1.22 bits per heavy atom. The smallest absolute Gasteiger partial charge is 0.233 e. The van der Waals surface area contributed by atoms with E-state index in [2.05, 4.69) is 15.5 Å². The van der Waals surface area contributed by atoms with Crippen molar-refractivity contribution >= 4 is 23.6 Å². The molecule has 5 rings (SSSR count). The number of nitrogens with zero attached hydrogens (tertiary/aromatic N) is 3. The predicted octanol–water partition coefficient (Wildman–Crippen LogP) is 1.80. The van der Waals surface area contributed by atoms with Crippen LogP contribution in [0.15, 0.2) is 5.16 Å². The van der Waals surface area contributed by atoms with Crippen molar-refractivity contribution in [2.24, 2.45) is 30.5 Å². The number of hydrogen-bond acceptors (Lipinski definition) is 5. The van der Waals surface area contributed by atoms with Gasteiger partial charge >= 0.3 is 0 Å². The van der Waals surface area contributed by atoms with Gasteiger partial charge in [0.15, 0.2) is 5.16 Å². The van der Waals surface area contributed by atoms with Crippen LogP contribution in [0, 0.1) is 17.8 Å². The molecule has 2 amide bonds. The number of thioether (sulfide) groups is 1. The van der Waals surface area contributed by atoms with Gasteiger partial charge in [-0.05, 0) is 63.2 Å². The van der Waals surface area contributed by atoms with Crippen LogP contribution < -0.4 is 11.1 Å². The first-order valence-corrected chi connectivity index (χ1v) is 10.9. The van der Waals surface area contributed by atoms with E-state index in [0.29, 0.717) is 17.4 Å². The molecule has 0 aromatic carbocycles. The minimum absolute atomic E-state index is 0.0349. The summed E-state index contributed by atoms with van der Waals surface area (Å²) in [6, 6.07) is 0. The van der Waals surface area contributed by atoms with Crippen molar-refractivity contribution < 1.29 is 9.59 Å². The molecule has 0 spiro atoms. The van der Waals surface area contributed by atoms with Crippen molar-refractivity contribution in [1.82, 2.24) is 20.1 Å². The summed E-state index contributed by atoms with van der Waals surface area (Å²) in [4.78, 5) is 23.9. The van der Waals surface area contributed by atoms with E-state index in [9.17, 15) is 9.59 Å². The molecule has 148 valence electrons. The number of nitrogens with two attached hydrogens (primary N) is 1. The fourth-order valence-corrected chi connectivity index (χ4v) is 6.57. The van der Waals surface area contributed by atoms with E-state index in [-0.39, 0.29) is 29.0 Å². The zero-order valence-corrected chi connectivity index (χ0v) is 16.9. The van der Waals surface area contributed by atoms with Gasteiger partial charge in [0.1, 0.15) is 5.82 Å². The highest BCUT2D eigenvalue weighted by Gasteiger charge is 2.51. The van der Waals surface area contributed by atoms with Crippen LogP contribution in [-0.2, 0) is 23.1 Å². The number of hydrogen-bond donors (Lipinski definition) is 2. The minimum atomic E-state index is -0.351. The van der Waals surface area contributed by atoms with Crippen LogP contribution in [0.2, 0.25) is 0 Å². The van der Waals surface area contributed by atoms with E-state index in [1.165, 1.54) is 31.0 Å². The van der Waals surface area contributed by atoms with Crippen molar-refractivity contribution in [3.63, 3.8) is 0 Å². The molecule has 4 fully saturated rings. The summed E-state index contributed by atoms with van der Waals surface area (Å²) in [5, 5.41) is 12.2. The van der Waals surface area contributed by atoms with Crippen LogP contribution in [0.4, 0.5) is 0 Å². The van der Waals surface area contributed by atoms with Crippen molar-refractivity contribution in [2.45, 2.75) is 74.2 Å². The lowest BCUT2D eigenvalue weighted by Gasteiger charge is -2.57. The van der Waals surface area contributed by atoms with Crippen LogP contribution in [-0.4, -0.2) is 37.4 Å². The average molecular weight is 392 g/mol. The molecule has 4 aliphatic rings. The Bertz CT molecular complexity index is 711. The number of primary amides is 1. The van der Waals surface area contributed by atoms with Crippen molar-refractivity contribution in [3.05, 3.63) is 5.82 Å². The van der Waals surface area contributed by atoms with Crippen molar-refractivity contribution in [2.75, 3.05) is 0 Å². The van der Waals surface area contributed by atoms with Gasteiger partial charge in [0.2, 0.25) is 11.8 Å². The molecule has 27 heavy (non-hydrogen) atoms. The molecule has 7 nitrogen and oxygen atoms in total. The molecule has 0 radical (unpaired) electrons. The summed E-state index contributed by atoms with van der Waals surface area (Å²) in [5.74, 6) is 2.90.